The predicted molar refractivity (Wildman–Crippen MR) is 79.8 cm³/mol. The summed E-state index contributed by atoms with van der Waals surface area (Å²) in [6.45, 7) is 11.3. The maximum atomic E-state index is 3.65. The Kier molecular flexibility index (Phi) is 7.11. The molecule has 104 valence electrons. The molecular weight excluding hydrogens is 220 g/mol. The van der Waals surface area contributed by atoms with E-state index in [0.29, 0.717) is 6.04 Å². The minimum Gasteiger partial charge on any atom is -0.354 e. The summed E-state index contributed by atoms with van der Waals surface area (Å²) >= 11 is 0. The fourth-order valence-corrected chi connectivity index (χ4v) is 2.26. The van der Waals surface area contributed by atoms with Gasteiger partial charge in [-0.15, -0.1) is 0 Å². The Morgan fingerprint density at radius 1 is 1.22 bits per heavy atom. The molecule has 2 unspecified atom stereocenters. The van der Waals surface area contributed by atoms with Crippen molar-refractivity contribution >= 4 is 0 Å². The fraction of sp³-hybridized carbons (Fsp3) is 0.750. The van der Waals surface area contributed by atoms with E-state index in [4.69, 9.17) is 0 Å². The zero-order valence-electron chi connectivity index (χ0n) is 12.6. The molecule has 2 nitrogen and oxygen atoms in total. The Morgan fingerprint density at radius 3 is 2.61 bits per heavy atom. The highest BCUT2D eigenvalue weighted by Gasteiger charge is 2.11. The molecule has 1 heterocycles. The van der Waals surface area contributed by atoms with Gasteiger partial charge >= 0.3 is 0 Å². The van der Waals surface area contributed by atoms with Crippen LogP contribution in [0.15, 0.2) is 18.5 Å². The second-order valence-electron chi connectivity index (χ2n) is 5.45. The highest BCUT2D eigenvalue weighted by molar-refractivity contribution is 5.15. The molecule has 0 aliphatic heterocycles. The van der Waals surface area contributed by atoms with E-state index in [-0.39, 0.29) is 0 Å². The topological polar surface area (TPSA) is 17.0 Å². The summed E-state index contributed by atoms with van der Waals surface area (Å²) in [6.07, 6.45) is 9.48. The smallest absolute Gasteiger partial charge is 0.0335 e. The van der Waals surface area contributed by atoms with Crippen LogP contribution in [-0.2, 0) is 6.54 Å². The van der Waals surface area contributed by atoms with Crippen molar-refractivity contribution in [3.63, 3.8) is 0 Å². The van der Waals surface area contributed by atoms with Crippen LogP contribution in [0.3, 0.4) is 0 Å². The molecule has 1 aromatic heterocycles. The van der Waals surface area contributed by atoms with Crippen LogP contribution in [0.5, 0.6) is 0 Å². The molecule has 1 aromatic rings. The summed E-state index contributed by atoms with van der Waals surface area (Å²) in [7, 11) is 0. The van der Waals surface area contributed by atoms with Crippen molar-refractivity contribution < 1.29 is 0 Å². The molecule has 2 atom stereocenters. The average molecular weight is 250 g/mol. The first-order valence-corrected chi connectivity index (χ1v) is 7.60. The summed E-state index contributed by atoms with van der Waals surface area (Å²) in [4.78, 5) is 0. The Balaban J connectivity index is 2.61. The van der Waals surface area contributed by atoms with Crippen molar-refractivity contribution in [2.24, 2.45) is 5.92 Å². The van der Waals surface area contributed by atoms with Crippen molar-refractivity contribution in [3.8, 4) is 0 Å². The fourth-order valence-electron chi connectivity index (χ4n) is 2.26. The summed E-state index contributed by atoms with van der Waals surface area (Å²) in [6, 6.07) is 2.82. The molecule has 0 bridgehead atoms. The SMILES string of the molecule is CCCNC(CCC)c1ccn(CC(C)CC)c1. The minimum atomic E-state index is 0.535. The van der Waals surface area contributed by atoms with Gasteiger partial charge in [0.2, 0.25) is 0 Å². The second kappa shape index (κ2) is 8.36. The van der Waals surface area contributed by atoms with Crippen LogP contribution in [0.25, 0.3) is 0 Å². The molecule has 2 heteroatoms. The van der Waals surface area contributed by atoms with Gasteiger partial charge in [0.15, 0.2) is 0 Å². The quantitative estimate of drug-likeness (QED) is 0.688. The number of aromatic nitrogens is 1. The molecule has 0 amide bonds. The average Bonchev–Trinajstić information content (AvgIpc) is 2.82. The lowest BCUT2D eigenvalue weighted by molar-refractivity contribution is 0.464. The van der Waals surface area contributed by atoms with E-state index in [0.717, 1.165) is 19.0 Å². The van der Waals surface area contributed by atoms with Crippen molar-refractivity contribution in [1.82, 2.24) is 9.88 Å². The van der Waals surface area contributed by atoms with Gasteiger partial charge in [0.25, 0.3) is 0 Å². The lowest BCUT2D eigenvalue weighted by atomic mass is 10.1. The van der Waals surface area contributed by atoms with Crippen molar-refractivity contribution in [2.45, 2.75) is 66.0 Å². The third kappa shape index (κ3) is 4.85. The van der Waals surface area contributed by atoms with Crippen LogP contribution in [0.1, 0.15) is 65.0 Å². The summed E-state index contributed by atoms with van der Waals surface area (Å²) in [5.41, 5.74) is 1.45. The molecule has 0 aliphatic carbocycles. The highest BCUT2D eigenvalue weighted by atomic mass is 15.0. The Bertz CT molecular complexity index is 317. The van der Waals surface area contributed by atoms with Crippen LogP contribution < -0.4 is 5.32 Å². The number of nitrogens with one attached hydrogen (secondary N) is 1. The summed E-state index contributed by atoms with van der Waals surface area (Å²) in [5.74, 6) is 0.762. The number of nitrogens with zero attached hydrogens (tertiary/aromatic N) is 1. The zero-order valence-corrected chi connectivity index (χ0v) is 12.6. The first-order chi connectivity index (χ1) is 8.71. The van der Waals surface area contributed by atoms with Crippen LogP contribution >= 0.6 is 0 Å². The van der Waals surface area contributed by atoms with E-state index in [1.165, 1.54) is 31.2 Å². The molecular formula is C16H30N2. The van der Waals surface area contributed by atoms with Crippen LogP contribution in [0.2, 0.25) is 0 Å². The van der Waals surface area contributed by atoms with Gasteiger partial charge in [-0.1, -0.05) is 40.5 Å². The number of hydrogen-bond acceptors (Lipinski definition) is 1. The third-order valence-corrected chi connectivity index (χ3v) is 3.61. The largest absolute Gasteiger partial charge is 0.354 e. The molecule has 18 heavy (non-hydrogen) atoms. The van der Waals surface area contributed by atoms with E-state index in [1.54, 1.807) is 0 Å². The second-order valence-corrected chi connectivity index (χ2v) is 5.45. The molecule has 0 saturated heterocycles. The molecule has 0 spiro atoms. The lowest BCUT2D eigenvalue weighted by Crippen LogP contribution is -2.21. The standard InChI is InChI=1S/C16H30N2/c1-5-8-16(17-10-6-2)15-9-11-18(13-15)12-14(4)7-3/h9,11,13-14,16-17H,5-8,10,12H2,1-4H3. The van der Waals surface area contributed by atoms with Crippen LogP contribution in [0.4, 0.5) is 0 Å². The van der Waals surface area contributed by atoms with E-state index in [1.807, 2.05) is 0 Å². The van der Waals surface area contributed by atoms with Gasteiger partial charge in [0.1, 0.15) is 0 Å². The van der Waals surface area contributed by atoms with E-state index < -0.39 is 0 Å². The van der Waals surface area contributed by atoms with Crippen molar-refractivity contribution in [3.05, 3.63) is 24.0 Å². The van der Waals surface area contributed by atoms with Crippen LogP contribution in [-0.4, -0.2) is 11.1 Å². The first kappa shape index (κ1) is 15.3. The van der Waals surface area contributed by atoms with Gasteiger partial charge in [0, 0.05) is 25.0 Å². The van der Waals surface area contributed by atoms with Crippen LogP contribution in [0, 0.1) is 5.92 Å². The highest BCUT2D eigenvalue weighted by Crippen LogP contribution is 2.19. The zero-order chi connectivity index (χ0) is 13.4. The minimum absolute atomic E-state index is 0.535. The maximum absolute atomic E-state index is 3.65. The Morgan fingerprint density at radius 2 is 2.00 bits per heavy atom. The van der Waals surface area contributed by atoms with Crippen molar-refractivity contribution in [2.75, 3.05) is 6.54 Å². The molecule has 0 saturated carbocycles. The third-order valence-electron chi connectivity index (χ3n) is 3.61. The molecule has 1 rings (SSSR count). The van der Waals surface area contributed by atoms with Crippen molar-refractivity contribution in [1.29, 1.82) is 0 Å². The molecule has 0 aliphatic rings. The summed E-state index contributed by atoms with van der Waals surface area (Å²) in [5, 5.41) is 3.65. The Labute approximate surface area is 113 Å². The molecule has 0 radical (unpaired) electrons. The van der Waals surface area contributed by atoms with Gasteiger partial charge < -0.3 is 9.88 Å². The van der Waals surface area contributed by atoms with Gasteiger partial charge in [-0.2, -0.15) is 0 Å². The van der Waals surface area contributed by atoms with E-state index in [2.05, 4.69) is 56.0 Å². The van der Waals surface area contributed by atoms with Gasteiger partial charge in [-0.25, -0.2) is 0 Å². The monoisotopic (exact) mass is 250 g/mol. The summed E-state index contributed by atoms with van der Waals surface area (Å²) < 4.78 is 2.35. The predicted octanol–water partition coefficient (Wildman–Crippen LogP) is 4.38. The molecule has 0 fully saturated rings. The first-order valence-electron chi connectivity index (χ1n) is 7.60. The van der Waals surface area contributed by atoms with E-state index >= 15 is 0 Å². The van der Waals surface area contributed by atoms with Gasteiger partial charge in [0.05, 0.1) is 0 Å². The lowest BCUT2D eigenvalue weighted by Gasteiger charge is -2.16. The van der Waals surface area contributed by atoms with Gasteiger partial charge in [-0.05, 0) is 36.9 Å². The maximum Gasteiger partial charge on any atom is 0.0335 e. The van der Waals surface area contributed by atoms with E-state index in [9.17, 15) is 0 Å². The number of rotatable bonds is 9. The molecule has 1 N–H and O–H groups in total. The normalized spacial score (nSPS) is 14.7. The Hall–Kier alpha value is -0.760. The molecule has 0 aromatic carbocycles. The number of hydrogen-bond donors (Lipinski definition) is 1. The van der Waals surface area contributed by atoms with Gasteiger partial charge in [-0.3, -0.25) is 0 Å².